The molecule has 0 saturated carbocycles. The van der Waals surface area contributed by atoms with Crippen molar-refractivity contribution in [3.05, 3.63) is 46.5 Å². The lowest BCUT2D eigenvalue weighted by atomic mass is 10.1. The smallest absolute Gasteiger partial charge is 0.131 e. The number of ether oxygens (including phenoxy) is 1. The van der Waals surface area contributed by atoms with Gasteiger partial charge < -0.3 is 10.5 Å². The van der Waals surface area contributed by atoms with Crippen LogP contribution < -0.4 is 5.73 Å². The molecule has 19 heavy (non-hydrogen) atoms. The topological polar surface area (TPSA) is 66.0 Å². The third kappa shape index (κ3) is 2.78. The summed E-state index contributed by atoms with van der Waals surface area (Å²) in [5.41, 5.74) is 8.57. The summed E-state index contributed by atoms with van der Waals surface area (Å²) in [6.45, 7) is 2.80. The molecule has 6 heteroatoms. The van der Waals surface area contributed by atoms with Crippen LogP contribution in [0.2, 0.25) is 0 Å². The van der Waals surface area contributed by atoms with Gasteiger partial charge in [-0.1, -0.05) is 0 Å². The molecule has 0 atom stereocenters. The van der Waals surface area contributed by atoms with Gasteiger partial charge in [-0.25, -0.2) is 4.98 Å². The highest BCUT2D eigenvalue weighted by Crippen LogP contribution is 2.28. The van der Waals surface area contributed by atoms with Crippen molar-refractivity contribution in [3.8, 4) is 0 Å². The van der Waals surface area contributed by atoms with Gasteiger partial charge in [-0.15, -0.1) is 0 Å². The van der Waals surface area contributed by atoms with Gasteiger partial charge in [0.25, 0.3) is 0 Å². The third-order valence-electron chi connectivity index (χ3n) is 2.70. The lowest BCUT2D eigenvalue weighted by molar-refractivity contribution is 0.339. The molecule has 0 aliphatic rings. The zero-order valence-electron chi connectivity index (χ0n) is 10.8. The number of nitrogens with zero attached hydrogens (tertiary/aromatic N) is 3. The molecular weight excluding hydrogens is 308 g/mol. The van der Waals surface area contributed by atoms with E-state index in [-0.39, 0.29) is 0 Å². The van der Waals surface area contributed by atoms with Crippen molar-refractivity contribution in [1.29, 1.82) is 0 Å². The van der Waals surface area contributed by atoms with Gasteiger partial charge in [0.15, 0.2) is 0 Å². The van der Waals surface area contributed by atoms with Gasteiger partial charge in [-0.3, -0.25) is 4.68 Å². The number of pyridine rings is 1. The number of nitrogen functional groups attached to an aromatic ring is 1. The quantitative estimate of drug-likeness (QED) is 0.879. The van der Waals surface area contributed by atoms with Crippen LogP contribution in [0, 0.1) is 0 Å². The molecule has 0 spiro atoms. The van der Waals surface area contributed by atoms with E-state index in [0.29, 0.717) is 5.82 Å². The number of nitrogens with two attached hydrogens (primary N) is 1. The Morgan fingerprint density at radius 3 is 3.05 bits per heavy atom. The van der Waals surface area contributed by atoms with Gasteiger partial charge in [-0.05, 0) is 35.0 Å². The minimum absolute atomic E-state index is 0.454. The molecule has 2 heterocycles. The molecular formula is C13H15BrN4O. The van der Waals surface area contributed by atoms with Crippen LogP contribution in [-0.2, 0) is 11.3 Å². The van der Waals surface area contributed by atoms with Crippen molar-refractivity contribution in [3.63, 3.8) is 0 Å². The Morgan fingerprint density at radius 2 is 2.37 bits per heavy atom. The summed E-state index contributed by atoms with van der Waals surface area (Å²) < 4.78 is 7.92. The van der Waals surface area contributed by atoms with Crippen molar-refractivity contribution in [2.24, 2.45) is 0 Å². The molecule has 0 aromatic carbocycles. The van der Waals surface area contributed by atoms with Gasteiger partial charge >= 0.3 is 0 Å². The van der Waals surface area contributed by atoms with Crippen LogP contribution in [0.25, 0.3) is 5.57 Å². The second kappa shape index (κ2) is 5.88. The summed E-state index contributed by atoms with van der Waals surface area (Å²) >= 11 is 3.41. The summed E-state index contributed by atoms with van der Waals surface area (Å²) in [5, 5.41) is 4.26. The van der Waals surface area contributed by atoms with Crippen LogP contribution in [-0.4, -0.2) is 21.9 Å². The number of aromatic nitrogens is 3. The van der Waals surface area contributed by atoms with Crippen molar-refractivity contribution >= 4 is 27.3 Å². The second-order valence-corrected chi connectivity index (χ2v) is 4.80. The molecule has 0 unspecified atom stereocenters. The molecule has 100 valence electrons. The molecule has 0 aliphatic heterocycles. The van der Waals surface area contributed by atoms with Crippen LogP contribution in [0.3, 0.4) is 0 Å². The average Bonchev–Trinajstić information content (AvgIpc) is 2.87. The van der Waals surface area contributed by atoms with Gasteiger partial charge in [-0.2, -0.15) is 5.10 Å². The molecule has 2 aromatic rings. The number of hydrogen-bond donors (Lipinski definition) is 1. The normalized spacial score (nSPS) is 11.6. The van der Waals surface area contributed by atoms with E-state index in [1.165, 1.54) is 0 Å². The first-order valence-corrected chi connectivity index (χ1v) is 6.63. The lowest BCUT2D eigenvalue weighted by Crippen LogP contribution is -2.05. The number of aryl methyl sites for hydroxylation is 1. The highest BCUT2D eigenvalue weighted by molar-refractivity contribution is 9.10. The van der Waals surface area contributed by atoms with Gasteiger partial charge in [0, 0.05) is 34.5 Å². The molecule has 0 radical (unpaired) electrons. The fourth-order valence-electron chi connectivity index (χ4n) is 1.86. The zero-order chi connectivity index (χ0) is 13.8. The van der Waals surface area contributed by atoms with Gasteiger partial charge in [0.1, 0.15) is 5.82 Å². The first-order valence-electron chi connectivity index (χ1n) is 5.84. The average molecular weight is 323 g/mol. The monoisotopic (exact) mass is 322 g/mol. The standard InChI is InChI=1S/C13H15BrN4O/c1-3-18-12(4-5-17-18)11(8-19-2)10-6-9(14)7-16-13(10)15/h4-8H,3H2,1-2H3,(H2,15,16). The number of hydrogen-bond acceptors (Lipinski definition) is 4. The first-order chi connectivity index (χ1) is 9.17. The largest absolute Gasteiger partial charge is 0.504 e. The van der Waals surface area contributed by atoms with E-state index in [0.717, 1.165) is 27.8 Å². The van der Waals surface area contributed by atoms with E-state index in [4.69, 9.17) is 10.5 Å². The summed E-state index contributed by atoms with van der Waals surface area (Å²) in [5.74, 6) is 0.454. The summed E-state index contributed by atoms with van der Waals surface area (Å²) in [6, 6.07) is 3.84. The van der Waals surface area contributed by atoms with Crippen LogP contribution in [0.1, 0.15) is 18.2 Å². The van der Waals surface area contributed by atoms with E-state index in [1.807, 2.05) is 23.7 Å². The maximum absolute atomic E-state index is 5.96. The molecule has 0 aliphatic carbocycles. The molecule has 2 rings (SSSR count). The van der Waals surface area contributed by atoms with Crippen LogP contribution in [0.15, 0.2) is 35.3 Å². The number of anilines is 1. The minimum Gasteiger partial charge on any atom is -0.504 e. The van der Waals surface area contributed by atoms with Gasteiger partial charge in [0.05, 0.1) is 19.1 Å². The fraction of sp³-hybridized carbons (Fsp3) is 0.231. The molecule has 2 aromatic heterocycles. The van der Waals surface area contributed by atoms with Crippen LogP contribution in [0.4, 0.5) is 5.82 Å². The summed E-state index contributed by atoms with van der Waals surface area (Å²) in [6.07, 6.45) is 5.08. The lowest BCUT2D eigenvalue weighted by Gasteiger charge is -2.11. The number of rotatable bonds is 4. The van der Waals surface area contributed by atoms with E-state index in [9.17, 15) is 0 Å². The highest BCUT2D eigenvalue weighted by Gasteiger charge is 2.14. The van der Waals surface area contributed by atoms with Crippen LogP contribution >= 0.6 is 15.9 Å². The van der Waals surface area contributed by atoms with E-state index in [2.05, 4.69) is 26.0 Å². The third-order valence-corrected chi connectivity index (χ3v) is 3.14. The summed E-state index contributed by atoms with van der Waals surface area (Å²) in [7, 11) is 1.61. The molecule has 0 saturated heterocycles. The zero-order valence-corrected chi connectivity index (χ0v) is 12.4. The van der Waals surface area contributed by atoms with E-state index in [1.54, 1.807) is 25.8 Å². The SMILES string of the molecule is CCn1nccc1C(=COC)c1cc(Br)cnc1N. The Labute approximate surface area is 120 Å². The predicted octanol–water partition coefficient (Wildman–Crippen LogP) is 2.68. The maximum Gasteiger partial charge on any atom is 0.131 e. The maximum atomic E-state index is 5.96. The Kier molecular flexibility index (Phi) is 4.21. The minimum atomic E-state index is 0.454. The molecule has 0 amide bonds. The molecule has 5 nitrogen and oxygen atoms in total. The van der Waals surface area contributed by atoms with Crippen LogP contribution in [0.5, 0.6) is 0 Å². The number of halogens is 1. The van der Waals surface area contributed by atoms with Crippen molar-refractivity contribution in [2.45, 2.75) is 13.5 Å². The Balaban J connectivity index is 2.59. The second-order valence-electron chi connectivity index (χ2n) is 3.89. The van der Waals surface area contributed by atoms with Gasteiger partial charge in [0.2, 0.25) is 0 Å². The molecule has 2 N–H and O–H groups in total. The molecule has 0 fully saturated rings. The predicted molar refractivity (Wildman–Crippen MR) is 78.3 cm³/mol. The van der Waals surface area contributed by atoms with Crippen molar-refractivity contribution in [2.75, 3.05) is 12.8 Å². The Hall–Kier alpha value is -1.82. The Bertz CT molecular complexity index is 606. The Morgan fingerprint density at radius 1 is 1.58 bits per heavy atom. The fourth-order valence-corrected chi connectivity index (χ4v) is 2.19. The number of methoxy groups -OCH3 is 1. The van der Waals surface area contributed by atoms with Crippen molar-refractivity contribution < 1.29 is 4.74 Å². The van der Waals surface area contributed by atoms with Crippen molar-refractivity contribution in [1.82, 2.24) is 14.8 Å². The van der Waals surface area contributed by atoms with E-state index < -0.39 is 0 Å². The highest BCUT2D eigenvalue weighted by atomic mass is 79.9. The summed E-state index contributed by atoms with van der Waals surface area (Å²) in [4.78, 5) is 4.15. The first kappa shape index (κ1) is 13.6. The van der Waals surface area contributed by atoms with E-state index >= 15 is 0 Å². The molecule has 0 bridgehead atoms.